The maximum absolute atomic E-state index is 11.7. The highest BCUT2D eigenvalue weighted by molar-refractivity contribution is 6.33. The number of likely N-dealkylation sites (tertiary alicyclic amines) is 1. The number of hydrogen-bond donors (Lipinski definition) is 2. The van der Waals surface area contributed by atoms with Crippen molar-refractivity contribution in [3.05, 3.63) is 28.8 Å². The molecule has 1 aliphatic rings. The molecule has 116 valence electrons. The summed E-state index contributed by atoms with van der Waals surface area (Å²) in [5.74, 6) is -0.0932. The maximum Gasteiger partial charge on any atom is 0.251 e. The summed E-state index contributed by atoms with van der Waals surface area (Å²) in [7, 11) is 1.63. The summed E-state index contributed by atoms with van der Waals surface area (Å²) in [6, 6.07) is 6.37. The molecule has 1 amide bonds. The van der Waals surface area contributed by atoms with Gasteiger partial charge >= 0.3 is 0 Å². The predicted octanol–water partition coefficient (Wildman–Crippen LogP) is 2.98. The van der Waals surface area contributed by atoms with Crippen LogP contribution in [0.25, 0.3) is 0 Å². The molecule has 0 radical (unpaired) electrons. The van der Waals surface area contributed by atoms with E-state index >= 15 is 0 Å². The zero-order valence-electron chi connectivity index (χ0n) is 12.9. The second-order valence-electron chi connectivity index (χ2n) is 5.82. The van der Waals surface area contributed by atoms with Crippen LogP contribution >= 0.6 is 11.6 Å². The van der Waals surface area contributed by atoms with Crippen molar-refractivity contribution in [1.82, 2.24) is 10.2 Å². The van der Waals surface area contributed by atoms with Crippen molar-refractivity contribution < 1.29 is 4.79 Å². The van der Waals surface area contributed by atoms with Crippen LogP contribution in [0.3, 0.4) is 0 Å². The lowest BCUT2D eigenvalue weighted by atomic mass is 10.0. The van der Waals surface area contributed by atoms with E-state index in [4.69, 9.17) is 11.6 Å². The van der Waals surface area contributed by atoms with E-state index in [1.807, 2.05) is 6.07 Å². The van der Waals surface area contributed by atoms with Crippen molar-refractivity contribution in [3.63, 3.8) is 0 Å². The number of nitrogens with one attached hydrogen (secondary N) is 2. The van der Waals surface area contributed by atoms with Gasteiger partial charge in [-0.3, -0.25) is 4.79 Å². The van der Waals surface area contributed by atoms with Gasteiger partial charge in [0, 0.05) is 37.8 Å². The van der Waals surface area contributed by atoms with Crippen molar-refractivity contribution >= 4 is 23.2 Å². The Balaban J connectivity index is 2.01. The summed E-state index contributed by atoms with van der Waals surface area (Å²) in [4.78, 5) is 14.2. The fraction of sp³-hybridized carbons (Fsp3) is 0.562. The Morgan fingerprint density at radius 2 is 2.00 bits per heavy atom. The third kappa shape index (κ3) is 4.11. The Morgan fingerprint density at radius 1 is 1.33 bits per heavy atom. The molecule has 5 heteroatoms. The largest absolute Gasteiger partial charge is 0.381 e. The zero-order chi connectivity index (χ0) is 15.4. The highest BCUT2D eigenvalue weighted by Crippen LogP contribution is 2.26. The van der Waals surface area contributed by atoms with Gasteiger partial charge in [-0.2, -0.15) is 0 Å². The smallest absolute Gasteiger partial charge is 0.251 e. The van der Waals surface area contributed by atoms with Crippen LogP contribution in [0.2, 0.25) is 5.02 Å². The molecule has 2 rings (SSSR count). The highest BCUT2D eigenvalue weighted by Gasteiger charge is 2.21. The second kappa shape index (κ2) is 7.14. The molecule has 1 aromatic carbocycles. The first-order chi connectivity index (χ1) is 10.0. The van der Waals surface area contributed by atoms with Gasteiger partial charge in [0.25, 0.3) is 5.91 Å². The van der Waals surface area contributed by atoms with Gasteiger partial charge in [-0.15, -0.1) is 0 Å². The third-order valence-corrected chi connectivity index (χ3v) is 4.40. The number of carbonyl (C=O) groups excluding carboxylic acids is 1. The van der Waals surface area contributed by atoms with Gasteiger partial charge < -0.3 is 15.5 Å². The summed E-state index contributed by atoms with van der Waals surface area (Å²) >= 11 is 6.24. The number of benzene rings is 1. The van der Waals surface area contributed by atoms with E-state index in [0.717, 1.165) is 31.6 Å². The first-order valence-electron chi connectivity index (χ1n) is 7.53. The number of anilines is 1. The second-order valence-corrected chi connectivity index (χ2v) is 6.23. The van der Waals surface area contributed by atoms with Crippen molar-refractivity contribution in [2.45, 2.75) is 38.8 Å². The van der Waals surface area contributed by atoms with Crippen LogP contribution in [0.5, 0.6) is 0 Å². The fourth-order valence-electron chi connectivity index (χ4n) is 2.70. The molecule has 0 aromatic heterocycles. The molecule has 1 heterocycles. The van der Waals surface area contributed by atoms with Crippen molar-refractivity contribution in [2.75, 3.05) is 25.5 Å². The SMILES string of the molecule is CNC(=O)c1ccc(Cl)c(NC2CCN(C(C)C)CC2)c1. The maximum atomic E-state index is 11.7. The Kier molecular flexibility index (Phi) is 5.48. The number of rotatable bonds is 4. The van der Waals surface area contributed by atoms with Crippen LogP contribution in [0.4, 0.5) is 5.69 Å². The van der Waals surface area contributed by atoms with Crippen LogP contribution in [0.15, 0.2) is 18.2 Å². The molecule has 0 saturated carbocycles. The molecule has 1 aromatic rings. The Morgan fingerprint density at radius 3 is 2.57 bits per heavy atom. The molecule has 1 fully saturated rings. The average Bonchev–Trinajstić information content (AvgIpc) is 2.49. The molecule has 21 heavy (non-hydrogen) atoms. The molecule has 4 nitrogen and oxygen atoms in total. The number of piperidine rings is 1. The summed E-state index contributed by atoms with van der Waals surface area (Å²) in [5, 5.41) is 6.78. The van der Waals surface area contributed by atoms with Crippen LogP contribution in [0.1, 0.15) is 37.0 Å². The first-order valence-corrected chi connectivity index (χ1v) is 7.91. The first kappa shape index (κ1) is 16.1. The number of nitrogens with zero attached hydrogens (tertiary/aromatic N) is 1. The van der Waals surface area contributed by atoms with Gasteiger partial charge in [0.15, 0.2) is 0 Å². The highest BCUT2D eigenvalue weighted by atomic mass is 35.5. The Labute approximate surface area is 131 Å². The van der Waals surface area contributed by atoms with E-state index in [1.165, 1.54) is 0 Å². The fourth-order valence-corrected chi connectivity index (χ4v) is 2.87. The molecular weight excluding hydrogens is 286 g/mol. The van der Waals surface area contributed by atoms with E-state index in [2.05, 4.69) is 29.4 Å². The normalized spacial score (nSPS) is 17.0. The van der Waals surface area contributed by atoms with Crippen LogP contribution in [-0.2, 0) is 0 Å². The summed E-state index contributed by atoms with van der Waals surface area (Å²) in [5.41, 5.74) is 1.48. The predicted molar refractivity (Wildman–Crippen MR) is 88.2 cm³/mol. The van der Waals surface area contributed by atoms with Gasteiger partial charge in [0.1, 0.15) is 0 Å². The van der Waals surface area contributed by atoms with Crippen LogP contribution < -0.4 is 10.6 Å². The molecule has 1 aliphatic heterocycles. The summed E-state index contributed by atoms with van der Waals surface area (Å²) in [6.07, 6.45) is 2.19. The number of halogens is 1. The molecular formula is C16H24ClN3O. The van der Waals surface area contributed by atoms with E-state index in [-0.39, 0.29) is 5.91 Å². The minimum atomic E-state index is -0.0932. The molecule has 0 atom stereocenters. The minimum absolute atomic E-state index is 0.0932. The number of hydrogen-bond acceptors (Lipinski definition) is 3. The standard InChI is InChI=1S/C16H24ClN3O/c1-11(2)20-8-6-13(7-9-20)19-15-10-12(16(21)18-3)4-5-14(15)17/h4-5,10-11,13,19H,6-9H2,1-3H3,(H,18,21). The van der Waals surface area contributed by atoms with Crippen LogP contribution in [0, 0.1) is 0 Å². The lowest BCUT2D eigenvalue weighted by molar-refractivity contribution is 0.0963. The lowest BCUT2D eigenvalue weighted by Crippen LogP contribution is -2.42. The zero-order valence-corrected chi connectivity index (χ0v) is 13.7. The molecule has 0 unspecified atom stereocenters. The molecule has 0 bridgehead atoms. The minimum Gasteiger partial charge on any atom is -0.381 e. The van der Waals surface area contributed by atoms with Gasteiger partial charge in [0.2, 0.25) is 0 Å². The van der Waals surface area contributed by atoms with E-state index in [9.17, 15) is 4.79 Å². The van der Waals surface area contributed by atoms with E-state index < -0.39 is 0 Å². The lowest BCUT2D eigenvalue weighted by Gasteiger charge is -2.35. The molecule has 0 aliphatic carbocycles. The number of amides is 1. The molecule has 2 N–H and O–H groups in total. The van der Waals surface area contributed by atoms with Gasteiger partial charge in [0.05, 0.1) is 10.7 Å². The monoisotopic (exact) mass is 309 g/mol. The molecule has 0 spiro atoms. The van der Waals surface area contributed by atoms with Gasteiger partial charge in [-0.1, -0.05) is 11.6 Å². The van der Waals surface area contributed by atoms with E-state index in [0.29, 0.717) is 22.7 Å². The number of carbonyl (C=O) groups is 1. The average molecular weight is 310 g/mol. The van der Waals surface area contributed by atoms with E-state index in [1.54, 1.807) is 19.2 Å². The third-order valence-electron chi connectivity index (χ3n) is 4.08. The van der Waals surface area contributed by atoms with Crippen molar-refractivity contribution in [3.8, 4) is 0 Å². The topological polar surface area (TPSA) is 44.4 Å². The van der Waals surface area contributed by atoms with Crippen molar-refractivity contribution in [1.29, 1.82) is 0 Å². The Hall–Kier alpha value is -1.26. The van der Waals surface area contributed by atoms with Gasteiger partial charge in [-0.05, 0) is 44.9 Å². The van der Waals surface area contributed by atoms with Crippen LogP contribution in [-0.4, -0.2) is 43.0 Å². The summed E-state index contributed by atoms with van der Waals surface area (Å²) < 4.78 is 0. The Bertz CT molecular complexity index is 496. The van der Waals surface area contributed by atoms with Crippen molar-refractivity contribution in [2.24, 2.45) is 0 Å². The summed E-state index contributed by atoms with van der Waals surface area (Å²) in [6.45, 7) is 6.67. The quantitative estimate of drug-likeness (QED) is 0.898. The van der Waals surface area contributed by atoms with Gasteiger partial charge in [-0.25, -0.2) is 0 Å². The molecule has 1 saturated heterocycles.